The van der Waals surface area contributed by atoms with Crippen molar-refractivity contribution in [1.82, 2.24) is 20.2 Å². The van der Waals surface area contributed by atoms with Gasteiger partial charge in [-0.3, -0.25) is 0 Å². The molecule has 1 aromatic carbocycles. The standard InChI is InChI=1S/C27H36FN7O/c1-18-6-7-23(28)19(2)25(18)34-13-9-22-24(16-34)31-27(36-17-21-5-4-12-33(21)3)32-26(22)35-14-11-30-20(15-35)8-10-29/h6-7,20-21,30H,4-5,8-9,11-17H2,1-3H3/t20-,21-/m0/s1. The zero-order valence-electron chi connectivity index (χ0n) is 21.6. The molecule has 0 bridgehead atoms. The summed E-state index contributed by atoms with van der Waals surface area (Å²) in [6.07, 6.45) is 3.54. The first kappa shape index (κ1) is 24.7. The number of fused-ring (bicyclic) bond motifs is 1. The van der Waals surface area contributed by atoms with Gasteiger partial charge in [0.15, 0.2) is 0 Å². The van der Waals surface area contributed by atoms with Crippen LogP contribution in [0, 0.1) is 31.0 Å². The van der Waals surface area contributed by atoms with Crippen LogP contribution in [0.25, 0.3) is 0 Å². The molecule has 36 heavy (non-hydrogen) atoms. The monoisotopic (exact) mass is 493 g/mol. The normalized spacial score (nSPS) is 22.4. The molecule has 1 N–H and O–H groups in total. The third kappa shape index (κ3) is 4.97. The smallest absolute Gasteiger partial charge is 0.318 e. The Kier molecular flexibility index (Phi) is 7.26. The highest BCUT2D eigenvalue weighted by molar-refractivity contribution is 5.62. The van der Waals surface area contributed by atoms with Crippen LogP contribution >= 0.6 is 0 Å². The number of likely N-dealkylation sites (N-methyl/N-ethyl adjacent to an activating group) is 1. The van der Waals surface area contributed by atoms with E-state index >= 15 is 0 Å². The summed E-state index contributed by atoms with van der Waals surface area (Å²) in [6.45, 7) is 9.26. The molecule has 0 spiro atoms. The number of piperazine rings is 1. The Bertz CT molecular complexity index is 1150. The SMILES string of the molecule is Cc1ccc(F)c(C)c1N1CCc2c(nc(OC[C@@H]3CCCN3C)nc2N2CCN[C@@H](CC#N)C2)C1. The van der Waals surface area contributed by atoms with Crippen molar-refractivity contribution in [3.8, 4) is 12.1 Å². The first-order valence-corrected chi connectivity index (χ1v) is 13.0. The van der Waals surface area contributed by atoms with E-state index in [4.69, 9.17) is 14.7 Å². The maximum absolute atomic E-state index is 14.4. The summed E-state index contributed by atoms with van der Waals surface area (Å²) in [5.74, 6) is 0.741. The van der Waals surface area contributed by atoms with E-state index in [0.29, 0.717) is 37.2 Å². The van der Waals surface area contributed by atoms with Crippen LogP contribution in [-0.4, -0.2) is 73.3 Å². The quantitative estimate of drug-likeness (QED) is 0.658. The minimum atomic E-state index is -0.182. The first-order chi connectivity index (χ1) is 17.4. The van der Waals surface area contributed by atoms with Gasteiger partial charge in [-0.25, -0.2) is 4.39 Å². The van der Waals surface area contributed by atoms with Gasteiger partial charge in [-0.05, 0) is 58.3 Å². The fourth-order valence-corrected chi connectivity index (χ4v) is 5.83. The highest BCUT2D eigenvalue weighted by atomic mass is 19.1. The summed E-state index contributed by atoms with van der Waals surface area (Å²) in [5.41, 5.74) is 4.77. The number of aryl methyl sites for hydroxylation is 1. The number of benzene rings is 1. The molecule has 4 heterocycles. The van der Waals surface area contributed by atoms with Gasteiger partial charge in [0.2, 0.25) is 0 Å². The van der Waals surface area contributed by atoms with Crippen LogP contribution in [0.4, 0.5) is 15.9 Å². The lowest BCUT2D eigenvalue weighted by Gasteiger charge is -2.38. The van der Waals surface area contributed by atoms with E-state index in [-0.39, 0.29) is 11.9 Å². The Morgan fingerprint density at radius 2 is 2.06 bits per heavy atom. The molecule has 2 atom stereocenters. The van der Waals surface area contributed by atoms with E-state index < -0.39 is 0 Å². The van der Waals surface area contributed by atoms with Crippen LogP contribution in [0.5, 0.6) is 6.01 Å². The molecule has 0 aliphatic carbocycles. The Hall–Kier alpha value is -2.96. The largest absolute Gasteiger partial charge is 0.462 e. The first-order valence-electron chi connectivity index (χ1n) is 13.0. The van der Waals surface area contributed by atoms with E-state index in [9.17, 15) is 9.65 Å². The summed E-state index contributed by atoms with van der Waals surface area (Å²) in [5, 5.41) is 12.7. The molecule has 9 heteroatoms. The minimum Gasteiger partial charge on any atom is -0.462 e. The Morgan fingerprint density at radius 3 is 2.83 bits per heavy atom. The molecule has 0 amide bonds. The lowest BCUT2D eigenvalue weighted by atomic mass is 10.0. The fourth-order valence-electron chi connectivity index (χ4n) is 5.83. The van der Waals surface area contributed by atoms with Crippen LogP contribution in [0.3, 0.4) is 0 Å². The van der Waals surface area contributed by atoms with Crippen molar-refractivity contribution in [2.45, 2.75) is 58.2 Å². The van der Waals surface area contributed by atoms with Crippen LogP contribution < -0.4 is 19.9 Å². The number of ether oxygens (including phenoxy) is 1. The van der Waals surface area contributed by atoms with Crippen molar-refractivity contribution < 1.29 is 9.13 Å². The van der Waals surface area contributed by atoms with Gasteiger partial charge in [0.1, 0.15) is 18.2 Å². The maximum Gasteiger partial charge on any atom is 0.318 e. The van der Waals surface area contributed by atoms with Crippen LogP contribution in [0.2, 0.25) is 0 Å². The summed E-state index contributed by atoms with van der Waals surface area (Å²) < 4.78 is 20.7. The average molecular weight is 494 g/mol. The molecule has 8 nitrogen and oxygen atoms in total. The van der Waals surface area contributed by atoms with Crippen molar-refractivity contribution in [3.05, 3.63) is 40.3 Å². The molecule has 1 aromatic heterocycles. The van der Waals surface area contributed by atoms with E-state index in [0.717, 1.165) is 73.9 Å². The van der Waals surface area contributed by atoms with Crippen molar-refractivity contribution in [1.29, 1.82) is 5.26 Å². The Labute approximate surface area is 213 Å². The van der Waals surface area contributed by atoms with Crippen molar-refractivity contribution in [2.75, 3.05) is 56.2 Å². The number of aromatic nitrogens is 2. The number of hydrogen-bond donors (Lipinski definition) is 1. The van der Waals surface area contributed by atoms with Gasteiger partial charge < -0.3 is 24.8 Å². The summed E-state index contributed by atoms with van der Waals surface area (Å²) in [7, 11) is 2.14. The second-order valence-corrected chi connectivity index (χ2v) is 10.3. The topological polar surface area (TPSA) is 80.6 Å². The second-order valence-electron chi connectivity index (χ2n) is 10.3. The Balaban J connectivity index is 1.46. The number of rotatable bonds is 6. The van der Waals surface area contributed by atoms with Gasteiger partial charge in [-0.1, -0.05) is 6.07 Å². The Morgan fingerprint density at radius 1 is 1.19 bits per heavy atom. The molecule has 0 unspecified atom stereocenters. The van der Waals surface area contributed by atoms with E-state index in [1.807, 2.05) is 19.9 Å². The lowest BCUT2D eigenvalue weighted by molar-refractivity contribution is 0.187. The predicted molar refractivity (Wildman–Crippen MR) is 138 cm³/mol. The molecular weight excluding hydrogens is 457 g/mol. The average Bonchev–Trinajstić information content (AvgIpc) is 3.29. The van der Waals surface area contributed by atoms with Gasteiger partial charge in [0.05, 0.1) is 24.7 Å². The predicted octanol–water partition coefficient (Wildman–Crippen LogP) is 2.96. The molecular formula is C27H36FN7O. The number of hydrogen-bond acceptors (Lipinski definition) is 8. The van der Waals surface area contributed by atoms with Gasteiger partial charge >= 0.3 is 6.01 Å². The minimum absolute atomic E-state index is 0.114. The number of anilines is 2. The van der Waals surface area contributed by atoms with Gasteiger partial charge in [0.25, 0.3) is 0 Å². The molecule has 0 saturated carbocycles. The molecule has 3 aliphatic heterocycles. The highest BCUT2D eigenvalue weighted by Gasteiger charge is 2.30. The van der Waals surface area contributed by atoms with E-state index in [1.165, 1.54) is 6.42 Å². The maximum atomic E-state index is 14.4. The zero-order valence-corrected chi connectivity index (χ0v) is 21.6. The van der Waals surface area contributed by atoms with Gasteiger partial charge in [-0.15, -0.1) is 0 Å². The van der Waals surface area contributed by atoms with Crippen molar-refractivity contribution in [3.63, 3.8) is 0 Å². The van der Waals surface area contributed by atoms with Crippen molar-refractivity contribution in [2.24, 2.45) is 0 Å². The molecule has 2 fully saturated rings. The summed E-state index contributed by atoms with van der Waals surface area (Å²) >= 11 is 0. The molecule has 5 rings (SSSR count). The second kappa shape index (κ2) is 10.6. The van der Waals surface area contributed by atoms with Crippen LogP contribution in [-0.2, 0) is 13.0 Å². The molecule has 192 valence electrons. The van der Waals surface area contributed by atoms with E-state index in [1.54, 1.807) is 6.07 Å². The fraction of sp³-hybridized carbons (Fsp3) is 0.593. The van der Waals surface area contributed by atoms with Gasteiger partial charge in [0, 0.05) is 55.1 Å². The van der Waals surface area contributed by atoms with Gasteiger partial charge in [-0.2, -0.15) is 15.2 Å². The molecule has 3 aliphatic rings. The van der Waals surface area contributed by atoms with Crippen LogP contribution in [0.1, 0.15) is 41.6 Å². The number of nitriles is 1. The zero-order chi connectivity index (χ0) is 25.2. The molecule has 0 radical (unpaired) electrons. The number of nitrogens with zero attached hydrogens (tertiary/aromatic N) is 6. The third-order valence-corrected chi connectivity index (χ3v) is 7.87. The van der Waals surface area contributed by atoms with Crippen molar-refractivity contribution >= 4 is 11.5 Å². The summed E-state index contributed by atoms with van der Waals surface area (Å²) in [4.78, 5) is 16.7. The highest BCUT2D eigenvalue weighted by Crippen LogP contribution is 2.34. The number of likely N-dealkylation sites (tertiary alicyclic amines) is 1. The van der Waals surface area contributed by atoms with Crippen LogP contribution in [0.15, 0.2) is 12.1 Å². The number of nitrogens with one attached hydrogen (secondary N) is 1. The molecule has 2 aromatic rings. The van der Waals surface area contributed by atoms with E-state index in [2.05, 4.69) is 33.1 Å². The lowest BCUT2D eigenvalue weighted by Crippen LogP contribution is -2.51. The third-order valence-electron chi connectivity index (χ3n) is 7.87. The molecule has 2 saturated heterocycles. The summed E-state index contributed by atoms with van der Waals surface area (Å²) in [6, 6.07) is 6.58. The number of halogens is 1.